The van der Waals surface area contributed by atoms with E-state index in [9.17, 15) is 9.59 Å². The number of amides is 1. The van der Waals surface area contributed by atoms with Crippen molar-refractivity contribution in [3.05, 3.63) is 64.4 Å². The van der Waals surface area contributed by atoms with Crippen LogP contribution in [0.3, 0.4) is 0 Å². The van der Waals surface area contributed by atoms with Crippen LogP contribution in [0.4, 0.5) is 5.69 Å². The zero-order chi connectivity index (χ0) is 17.8. The van der Waals surface area contributed by atoms with Crippen molar-refractivity contribution in [1.82, 2.24) is 9.97 Å². The number of benzene rings is 2. The monoisotopic (exact) mass is 375 g/mol. The van der Waals surface area contributed by atoms with Gasteiger partial charge in [0.2, 0.25) is 0 Å². The van der Waals surface area contributed by atoms with E-state index in [2.05, 4.69) is 15.3 Å². The van der Waals surface area contributed by atoms with E-state index in [1.807, 2.05) is 6.07 Å². The molecule has 6 nitrogen and oxygen atoms in total. The van der Waals surface area contributed by atoms with Crippen LogP contribution in [0.15, 0.2) is 48.7 Å². The van der Waals surface area contributed by atoms with E-state index < -0.39 is 18.5 Å². The highest BCUT2D eigenvalue weighted by Crippen LogP contribution is 2.24. The summed E-state index contributed by atoms with van der Waals surface area (Å²) in [4.78, 5) is 32.1. The van der Waals surface area contributed by atoms with Crippen LogP contribution in [0.5, 0.6) is 0 Å². The Hall–Kier alpha value is -2.70. The zero-order valence-corrected chi connectivity index (χ0v) is 14.2. The zero-order valence-electron chi connectivity index (χ0n) is 12.7. The largest absolute Gasteiger partial charge is 0.451 e. The van der Waals surface area contributed by atoms with Crippen LogP contribution in [0.2, 0.25) is 10.0 Å². The summed E-state index contributed by atoms with van der Waals surface area (Å²) in [5.41, 5.74) is 1.70. The number of nitrogens with zero attached hydrogens (tertiary/aromatic N) is 2. The van der Waals surface area contributed by atoms with Crippen LogP contribution in [0.1, 0.15) is 10.5 Å². The van der Waals surface area contributed by atoms with Crippen LogP contribution in [-0.4, -0.2) is 28.5 Å². The number of ether oxygens (including phenoxy) is 1. The van der Waals surface area contributed by atoms with Gasteiger partial charge in [0.05, 0.1) is 27.3 Å². The summed E-state index contributed by atoms with van der Waals surface area (Å²) in [6.45, 7) is -0.465. The number of hydrogen-bond donors (Lipinski definition) is 1. The average molecular weight is 376 g/mol. The number of rotatable bonds is 4. The molecule has 0 unspecified atom stereocenters. The van der Waals surface area contributed by atoms with Gasteiger partial charge in [-0.3, -0.25) is 9.78 Å². The van der Waals surface area contributed by atoms with Crippen molar-refractivity contribution in [2.24, 2.45) is 0 Å². The Morgan fingerprint density at radius 3 is 2.56 bits per heavy atom. The lowest BCUT2D eigenvalue weighted by Gasteiger charge is -2.07. The minimum Gasteiger partial charge on any atom is -0.451 e. The molecule has 0 aliphatic heterocycles. The quantitative estimate of drug-likeness (QED) is 0.702. The molecule has 8 heteroatoms. The third-order valence-electron chi connectivity index (χ3n) is 3.20. The van der Waals surface area contributed by atoms with E-state index in [0.29, 0.717) is 26.8 Å². The fraction of sp³-hybridized carbons (Fsp3) is 0.0588. The first-order chi connectivity index (χ1) is 12.0. The minimum atomic E-state index is -0.734. The summed E-state index contributed by atoms with van der Waals surface area (Å²) in [6, 6.07) is 11.8. The average Bonchev–Trinajstić information content (AvgIpc) is 2.62. The maximum Gasteiger partial charge on any atom is 0.359 e. The van der Waals surface area contributed by atoms with E-state index in [1.54, 1.807) is 30.3 Å². The van der Waals surface area contributed by atoms with Gasteiger partial charge in [0, 0.05) is 5.69 Å². The first kappa shape index (κ1) is 17.1. The lowest BCUT2D eigenvalue weighted by atomic mass is 10.3. The third-order valence-corrected chi connectivity index (χ3v) is 3.93. The molecular weight excluding hydrogens is 365 g/mol. The maximum absolute atomic E-state index is 12.0. The van der Waals surface area contributed by atoms with Crippen molar-refractivity contribution in [3.63, 3.8) is 0 Å². The number of anilines is 1. The van der Waals surface area contributed by atoms with Crippen molar-refractivity contribution in [1.29, 1.82) is 0 Å². The Bertz CT molecular complexity index is 963. The fourth-order valence-corrected chi connectivity index (χ4v) is 2.33. The molecule has 0 radical (unpaired) electrons. The smallest absolute Gasteiger partial charge is 0.359 e. The van der Waals surface area contributed by atoms with Crippen LogP contribution in [0.25, 0.3) is 11.0 Å². The third kappa shape index (κ3) is 4.23. The summed E-state index contributed by atoms with van der Waals surface area (Å²) in [7, 11) is 0. The molecule has 126 valence electrons. The van der Waals surface area contributed by atoms with Gasteiger partial charge in [-0.2, -0.15) is 0 Å². The number of para-hydroxylation sites is 2. The lowest BCUT2D eigenvalue weighted by Crippen LogP contribution is -2.21. The predicted octanol–water partition coefficient (Wildman–Crippen LogP) is 3.73. The molecule has 2 aromatic carbocycles. The Labute approximate surface area is 152 Å². The first-order valence-corrected chi connectivity index (χ1v) is 7.92. The standard InChI is InChI=1S/C17H11Cl2N3O3/c18-11-6-5-10(7-12(11)19)21-16(23)9-25-17(24)15-8-20-13-3-1-2-4-14(13)22-15/h1-8H,9H2,(H,21,23). The highest BCUT2D eigenvalue weighted by Gasteiger charge is 2.13. The SMILES string of the molecule is O=C(COC(=O)c1cnc2ccccc2n1)Nc1ccc(Cl)c(Cl)c1. The molecule has 0 aliphatic rings. The maximum atomic E-state index is 12.0. The van der Waals surface area contributed by atoms with Crippen molar-refractivity contribution in [2.45, 2.75) is 0 Å². The van der Waals surface area contributed by atoms with Crippen molar-refractivity contribution >= 4 is 51.8 Å². The van der Waals surface area contributed by atoms with E-state index in [0.717, 1.165) is 0 Å². The van der Waals surface area contributed by atoms with Gasteiger partial charge in [-0.15, -0.1) is 0 Å². The number of hydrogen-bond acceptors (Lipinski definition) is 5. The molecule has 0 bridgehead atoms. The Morgan fingerprint density at radius 2 is 1.80 bits per heavy atom. The molecule has 1 aromatic heterocycles. The molecule has 1 amide bonds. The van der Waals surface area contributed by atoms with Crippen molar-refractivity contribution in [3.8, 4) is 0 Å². The Morgan fingerprint density at radius 1 is 1.04 bits per heavy atom. The molecule has 1 heterocycles. The van der Waals surface area contributed by atoms with Gasteiger partial charge in [-0.1, -0.05) is 35.3 Å². The molecule has 25 heavy (non-hydrogen) atoms. The van der Waals surface area contributed by atoms with Crippen molar-refractivity contribution in [2.75, 3.05) is 11.9 Å². The second-order valence-corrected chi connectivity index (χ2v) is 5.81. The minimum absolute atomic E-state index is 0.0287. The number of esters is 1. The van der Waals surface area contributed by atoms with Gasteiger partial charge < -0.3 is 10.1 Å². The second-order valence-electron chi connectivity index (χ2n) is 5.00. The molecule has 3 aromatic rings. The highest BCUT2D eigenvalue weighted by atomic mass is 35.5. The molecule has 3 rings (SSSR count). The molecule has 1 N–H and O–H groups in total. The Kier molecular flexibility index (Phi) is 5.11. The number of halogens is 2. The summed E-state index contributed by atoms with van der Waals surface area (Å²) in [5, 5.41) is 3.24. The fourth-order valence-electron chi connectivity index (χ4n) is 2.03. The van der Waals surface area contributed by atoms with Gasteiger partial charge in [0.15, 0.2) is 12.3 Å². The molecular formula is C17H11Cl2N3O3. The summed E-state index contributed by atoms with van der Waals surface area (Å²) < 4.78 is 4.95. The van der Waals surface area contributed by atoms with Gasteiger partial charge in [-0.25, -0.2) is 9.78 Å². The van der Waals surface area contributed by atoms with E-state index in [1.165, 1.54) is 12.3 Å². The highest BCUT2D eigenvalue weighted by molar-refractivity contribution is 6.42. The van der Waals surface area contributed by atoms with Gasteiger partial charge in [0.25, 0.3) is 5.91 Å². The Balaban J connectivity index is 1.60. The van der Waals surface area contributed by atoms with Gasteiger partial charge >= 0.3 is 5.97 Å². The number of nitrogens with one attached hydrogen (secondary N) is 1. The predicted molar refractivity (Wildman–Crippen MR) is 94.9 cm³/mol. The van der Waals surface area contributed by atoms with Crippen molar-refractivity contribution < 1.29 is 14.3 Å². The molecule has 0 saturated carbocycles. The molecule has 0 aliphatic carbocycles. The molecule has 0 fully saturated rings. The second kappa shape index (κ2) is 7.46. The van der Waals surface area contributed by atoms with Gasteiger partial charge in [-0.05, 0) is 30.3 Å². The van der Waals surface area contributed by atoms with Crippen LogP contribution in [-0.2, 0) is 9.53 Å². The van der Waals surface area contributed by atoms with E-state index in [-0.39, 0.29) is 5.69 Å². The first-order valence-electron chi connectivity index (χ1n) is 7.17. The van der Waals surface area contributed by atoms with E-state index >= 15 is 0 Å². The van der Waals surface area contributed by atoms with E-state index in [4.69, 9.17) is 27.9 Å². The number of carbonyl (C=O) groups excluding carboxylic acids is 2. The summed E-state index contributed by atoms with van der Waals surface area (Å²) >= 11 is 11.7. The number of fused-ring (bicyclic) bond motifs is 1. The summed E-state index contributed by atoms with van der Waals surface area (Å²) in [6.07, 6.45) is 1.31. The molecule has 0 spiro atoms. The van der Waals surface area contributed by atoms with Crippen LogP contribution >= 0.6 is 23.2 Å². The van der Waals surface area contributed by atoms with Gasteiger partial charge in [0.1, 0.15) is 0 Å². The summed E-state index contributed by atoms with van der Waals surface area (Å²) in [5.74, 6) is -1.25. The lowest BCUT2D eigenvalue weighted by molar-refractivity contribution is -0.119. The number of aromatic nitrogens is 2. The topological polar surface area (TPSA) is 81.2 Å². The normalized spacial score (nSPS) is 10.5. The van der Waals surface area contributed by atoms with Crippen LogP contribution in [0, 0.1) is 0 Å². The van der Waals surface area contributed by atoms with Crippen LogP contribution < -0.4 is 5.32 Å². The molecule has 0 saturated heterocycles. The molecule has 0 atom stereocenters. The number of carbonyl (C=O) groups is 2.